The molecule has 1 N–H and O–H groups in total. The normalized spacial score (nSPS) is 10.7. The lowest BCUT2D eigenvalue weighted by Gasteiger charge is -2.04. The van der Waals surface area contributed by atoms with Gasteiger partial charge in [-0.1, -0.05) is 18.2 Å². The summed E-state index contributed by atoms with van der Waals surface area (Å²) in [7, 11) is 1.54. The molecule has 136 valence electrons. The molecule has 0 atom stereocenters. The van der Waals surface area contributed by atoms with Crippen LogP contribution in [0.1, 0.15) is 15.4 Å². The van der Waals surface area contributed by atoms with E-state index < -0.39 is 0 Å². The third-order valence-electron chi connectivity index (χ3n) is 3.54. The van der Waals surface area contributed by atoms with Crippen LogP contribution >= 0.6 is 39.0 Å². The number of thioether (sulfide) groups is 1. The number of amides is 1. The van der Waals surface area contributed by atoms with Crippen LogP contribution in [0.25, 0.3) is 5.69 Å². The van der Waals surface area contributed by atoms with E-state index in [0.717, 1.165) is 21.0 Å². The maximum absolute atomic E-state index is 12.4. The summed E-state index contributed by atoms with van der Waals surface area (Å²) in [6.07, 6.45) is 1.72. The first-order chi connectivity index (χ1) is 12.7. The Labute approximate surface area is 168 Å². The third-order valence-corrected chi connectivity index (χ3v) is 6.36. The van der Waals surface area contributed by atoms with Gasteiger partial charge in [0.05, 0.1) is 22.8 Å². The summed E-state index contributed by atoms with van der Waals surface area (Å²) < 4.78 is 8.09. The van der Waals surface area contributed by atoms with Crippen molar-refractivity contribution in [2.45, 2.75) is 5.75 Å². The van der Waals surface area contributed by atoms with Crippen molar-refractivity contribution in [2.24, 2.45) is 0 Å². The number of halogens is 1. The Bertz CT molecular complexity index is 864. The monoisotopic (exact) mass is 451 g/mol. The molecular formula is C18H18BrN3O2S2. The predicted octanol–water partition coefficient (Wildman–Crippen LogP) is 4.37. The number of carbonyl (C=O) groups is 1. The summed E-state index contributed by atoms with van der Waals surface area (Å²) in [5.41, 5.74) is 1.17. The minimum absolute atomic E-state index is 0.226. The van der Waals surface area contributed by atoms with Crippen LogP contribution in [0.4, 0.5) is 0 Å². The number of hydrogen-bond acceptors (Lipinski definition) is 5. The van der Waals surface area contributed by atoms with E-state index >= 15 is 0 Å². The molecule has 0 spiro atoms. The topological polar surface area (TPSA) is 56.2 Å². The second-order valence-corrected chi connectivity index (χ2v) is 8.99. The second kappa shape index (κ2) is 9.25. The summed E-state index contributed by atoms with van der Waals surface area (Å²) in [5.74, 6) is 2.01. The van der Waals surface area contributed by atoms with Gasteiger partial charge in [-0.3, -0.25) is 4.79 Å². The Balaban J connectivity index is 1.53. The van der Waals surface area contributed by atoms with Crippen LogP contribution in [-0.4, -0.2) is 35.1 Å². The van der Waals surface area contributed by atoms with Crippen molar-refractivity contribution in [3.05, 3.63) is 63.0 Å². The zero-order valence-corrected chi connectivity index (χ0v) is 17.4. The average molecular weight is 452 g/mol. The highest BCUT2D eigenvalue weighted by Crippen LogP contribution is 2.25. The highest BCUT2D eigenvalue weighted by atomic mass is 79.9. The first-order valence-electron chi connectivity index (χ1n) is 7.96. The molecule has 3 aromatic rings. The van der Waals surface area contributed by atoms with Crippen LogP contribution in [0, 0.1) is 0 Å². The van der Waals surface area contributed by atoms with Crippen molar-refractivity contribution < 1.29 is 9.53 Å². The number of para-hydroxylation sites is 1. The highest BCUT2D eigenvalue weighted by Gasteiger charge is 2.17. The number of benzene rings is 1. The molecule has 5 nitrogen and oxygen atoms in total. The number of rotatable bonds is 8. The fraction of sp³-hybridized carbons (Fsp3) is 0.222. The molecule has 3 rings (SSSR count). The SMILES string of the molecule is COc1cn(-c2ccccc2)nc1C(=O)NCCSCc1ccc(Br)s1. The van der Waals surface area contributed by atoms with Gasteiger partial charge in [0.25, 0.3) is 5.91 Å². The summed E-state index contributed by atoms with van der Waals surface area (Å²) in [4.78, 5) is 13.7. The minimum atomic E-state index is -0.226. The standard InChI is InChI=1S/C18H18BrN3O2S2/c1-24-15-11-22(13-5-3-2-4-6-13)21-17(15)18(23)20-9-10-25-12-14-7-8-16(19)26-14/h2-8,11H,9-10,12H2,1H3,(H,20,23). The minimum Gasteiger partial charge on any atom is -0.493 e. The number of thiophene rings is 1. The summed E-state index contributed by atoms with van der Waals surface area (Å²) in [6, 6.07) is 13.8. The van der Waals surface area contributed by atoms with Crippen LogP contribution in [-0.2, 0) is 5.75 Å². The van der Waals surface area contributed by atoms with Gasteiger partial charge < -0.3 is 10.1 Å². The largest absolute Gasteiger partial charge is 0.493 e. The molecule has 26 heavy (non-hydrogen) atoms. The molecule has 1 amide bonds. The van der Waals surface area contributed by atoms with Gasteiger partial charge in [0.15, 0.2) is 11.4 Å². The first-order valence-corrected chi connectivity index (χ1v) is 10.7. The summed E-state index contributed by atoms with van der Waals surface area (Å²) in [6.45, 7) is 0.581. The van der Waals surface area contributed by atoms with Gasteiger partial charge in [-0.05, 0) is 40.2 Å². The number of nitrogens with zero attached hydrogens (tertiary/aromatic N) is 2. The molecule has 0 aliphatic carbocycles. The van der Waals surface area contributed by atoms with Crippen LogP contribution in [0.15, 0.2) is 52.4 Å². The number of nitrogens with one attached hydrogen (secondary N) is 1. The van der Waals surface area contributed by atoms with E-state index in [1.807, 2.05) is 30.3 Å². The molecule has 2 aromatic heterocycles. The van der Waals surface area contributed by atoms with Crippen molar-refractivity contribution in [1.82, 2.24) is 15.1 Å². The Morgan fingerprint density at radius 3 is 2.81 bits per heavy atom. The highest BCUT2D eigenvalue weighted by molar-refractivity contribution is 9.11. The number of methoxy groups -OCH3 is 1. The van der Waals surface area contributed by atoms with Gasteiger partial charge in [0.2, 0.25) is 0 Å². The third kappa shape index (κ3) is 4.90. The van der Waals surface area contributed by atoms with E-state index in [4.69, 9.17) is 4.74 Å². The van der Waals surface area contributed by atoms with Gasteiger partial charge in [0, 0.05) is 22.9 Å². The van der Waals surface area contributed by atoms with E-state index in [-0.39, 0.29) is 5.91 Å². The van der Waals surface area contributed by atoms with Gasteiger partial charge in [-0.2, -0.15) is 16.9 Å². The van der Waals surface area contributed by atoms with Crippen LogP contribution in [0.5, 0.6) is 5.75 Å². The molecule has 0 unspecified atom stereocenters. The van der Waals surface area contributed by atoms with Crippen molar-refractivity contribution >= 4 is 44.9 Å². The predicted molar refractivity (Wildman–Crippen MR) is 111 cm³/mol. The zero-order chi connectivity index (χ0) is 18.4. The van der Waals surface area contributed by atoms with Crippen molar-refractivity contribution in [3.63, 3.8) is 0 Å². The number of aromatic nitrogens is 2. The Kier molecular flexibility index (Phi) is 6.76. The van der Waals surface area contributed by atoms with Crippen molar-refractivity contribution in [1.29, 1.82) is 0 Å². The van der Waals surface area contributed by atoms with Gasteiger partial charge >= 0.3 is 0 Å². The molecule has 2 heterocycles. The Hall–Kier alpha value is -1.77. The van der Waals surface area contributed by atoms with Gasteiger partial charge in [-0.25, -0.2) is 4.68 Å². The molecule has 0 radical (unpaired) electrons. The van der Waals surface area contributed by atoms with Crippen LogP contribution in [0.2, 0.25) is 0 Å². The molecule has 0 saturated heterocycles. The van der Waals surface area contributed by atoms with Gasteiger partial charge in [-0.15, -0.1) is 11.3 Å². The Morgan fingerprint density at radius 1 is 1.31 bits per heavy atom. The molecule has 0 saturated carbocycles. The molecule has 0 aliphatic rings. The Morgan fingerprint density at radius 2 is 2.12 bits per heavy atom. The summed E-state index contributed by atoms with van der Waals surface area (Å²) >= 11 is 6.98. The smallest absolute Gasteiger partial charge is 0.275 e. The average Bonchev–Trinajstić information content (AvgIpc) is 3.28. The lowest BCUT2D eigenvalue weighted by Crippen LogP contribution is -2.26. The van der Waals surface area contributed by atoms with Crippen molar-refractivity contribution in [2.75, 3.05) is 19.4 Å². The number of ether oxygens (including phenoxy) is 1. The second-order valence-electron chi connectivity index (χ2n) is 5.34. The molecule has 1 aromatic carbocycles. The summed E-state index contributed by atoms with van der Waals surface area (Å²) in [5, 5.41) is 7.28. The zero-order valence-electron chi connectivity index (χ0n) is 14.1. The molecule has 8 heteroatoms. The molecule has 0 aliphatic heterocycles. The number of carbonyl (C=O) groups excluding carboxylic acids is 1. The maximum atomic E-state index is 12.4. The lowest BCUT2D eigenvalue weighted by atomic mass is 10.3. The van der Waals surface area contributed by atoms with E-state index in [9.17, 15) is 4.79 Å². The van der Waals surface area contributed by atoms with E-state index in [1.165, 1.54) is 12.0 Å². The van der Waals surface area contributed by atoms with E-state index in [0.29, 0.717) is 18.0 Å². The number of hydrogen-bond donors (Lipinski definition) is 1. The van der Waals surface area contributed by atoms with Crippen molar-refractivity contribution in [3.8, 4) is 11.4 Å². The van der Waals surface area contributed by atoms with E-state index in [1.54, 1.807) is 34.0 Å². The fourth-order valence-electron chi connectivity index (χ4n) is 2.30. The first kappa shape index (κ1) is 19.0. The molecule has 0 bridgehead atoms. The van der Waals surface area contributed by atoms with Crippen LogP contribution < -0.4 is 10.1 Å². The maximum Gasteiger partial charge on any atom is 0.275 e. The molecular weight excluding hydrogens is 434 g/mol. The quantitative estimate of drug-likeness (QED) is 0.516. The fourth-order valence-corrected chi connectivity index (χ4v) is 4.75. The van der Waals surface area contributed by atoms with Crippen LogP contribution in [0.3, 0.4) is 0 Å². The lowest BCUT2D eigenvalue weighted by molar-refractivity contribution is 0.0948. The molecule has 0 fully saturated rings. The van der Waals surface area contributed by atoms with E-state index in [2.05, 4.69) is 38.5 Å². The van der Waals surface area contributed by atoms with Gasteiger partial charge in [0.1, 0.15) is 0 Å².